The van der Waals surface area contributed by atoms with Gasteiger partial charge in [-0.3, -0.25) is 4.79 Å². The van der Waals surface area contributed by atoms with Gasteiger partial charge in [0.05, 0.1) is 12.5 Å². The summed E-state index contributed by atoms with van der Waals surface area (Å²) in [5.41, 5.74) is 4.28. The van der Waals surface area contributed by atoms with E-state index in [1.165, 1.54) is 0 Å². The largest absolute Gasteiger partial charge is 0.497 e. The van der Waals surface area contributed by atoms with Crippen LogP contribution in [0.1, 0.15) is 16.7 Å². The SMILES string of the molecule is COc1ccc(-c2oc3cc(C)ccc3c(=O)c2OCc2cccc(C)c2)cc1. The third kappa shape index (κ3) is 3.87. The Morgan fingerprint density at radius 1 is 0.897 bits per heavy atom. The van der Waals surface area contributed by atoms with Gasteiger partial charge in [0, 0.05) is 5.56 Å². The van der Waals surface area contributed by atoms with Crippen molar-refractivity contribution >= 4 is 11.0 Å². The minimum absolute atomic E-state index is 0.176. The second-order valence-corrected chi connectivity index (χ2v) is 7.10. The Morgan fingerprint density at radius 2 is 1.66 bits per heavy atom. The third-order valence-corrected chi connectivity index (χ3v) is 4.82. The van der Waals surface area contributed by atoms with Gasteiger partial charge in [0.15, 0.2) is 5.76 Å². The predicted octanol–water partition coefficient (Wildman–Crippen LogP) is 5.66. The van der Waals surface area contributed by atoms with Gasteiger partial charge in [-0.1, -0.05) is 35.9 Å². The maximum absolute atomic E-state index is 13.2. The van der Waals surface area contributed by atoms with E-state index in [9.17, 15) is 4.79 Å². The van der Waals surface area contributed by atoms with Crippen molar-refractivity contribution in [2.45, 2.75) is 20.5 Å². The molecule has 0 bridgehead atoms. The van der Waals surface area contributed by atoms with E-state index in [2.05, 4.69) is 0 Å². The van der Waals surface area contributed by atoms with Crippen LogP contribution in [0.3, 0.4) is 0 Å². The fourth-order valence-electron chi connectivity index (χ4n) is 3.30. The van der Waals surface area contributed by atoms with E-state index in [0.29, 0.717) is 16.7 Å². The molecule has 3 aromatic carbocycles. The molecule has 4 heteroatoms. The molecule has 0 spiro atoms. The number of rotatable bonds is 5. The molecule has 4 nitrogen and oxygen atoms in total. The summed E-state index contributed by atoms with van der Waals surface area (Å²) in [6, 6.07) is 21.0. The monoisotopic (exact) mass is 386 g/mol. The second kappa shape index (κ2) is 7.84. The summed E-state index contributed by atoms with van der Waals surface area (Å²) < 4.78 is 17.4. The van der Waals surface area contributed by atoms with Gasteiger partial charge in [0.25, 0.3) is 0 Å². The fraction of sp³-hybridized carbons (Fsp3) is 0.160. The highest BCUT2D eigenvalue weighted by Gasteiger charge is 2.18. The normalized spacial score (nSPS) is 10.9. The highest BCUT2D eigenvalue weighted by molar-refractivity contribution is 5.82. The van der Waals surface area contributed by atoms with Crippen molar-refractivity contribution in [3.63, 3.8) is 0 Å². The summed E-state index contributed by atoms with van der Waals surface area (Å²) in [5, 5.41) is 0.507. The topological polar surface area (TPSA) is 48.7 Å². The Morgan fingerprint density at radius 3 is 2.38 bits per heavy atom. The first kappa shape index (κ1) is 18.8. The molecule has 0 saturated heterocycles. The summed E-state index contributed by atoms with van der Waals surface area (Å²) in [4.78, 5) is 13.2. The minimum atomic E-state index is -0.176. The lowest BCUT2D eigenvalue weighted by Gasteiger charge is -2.13. The van der Waals surface area contributed by atoms with Crippen LogP contribution in [0.15, 0.2) is 75.9 Å². The molecule has 0 unspecified atom stereocenters. The molecule has 0 radical (unpaired) electrons. The molecule has 1 aromatic heterocycles. The first-order chi connectivity index (χ1) is 14.0. The third-order valence-electron chi connectivity index (χ3n) is 4.82. The van der Waals surface area contributed by atoms with E-state index in [0.717, 1.165) is 28.0 Å². The molecule has 4 rings (SSSR count). The number of hydrogen-bond acceptors (Lipinski definition) is 4. The quantitative estimate of drug-likeness (QED) is 0.444. The molecule has 4 aromatic rings. The second-order valence-electron chi connectivity index (χ2n) is 7.10. The Labute approximate surface area is 169 Å². The van der Waals surface area contributed by atoms with Gasteiger partial charge in [0.2, 0.25) is 11.2 Å². The molecule has 0 fully saturated rings. The Hall–Kier alpha value is -3.53. The van der Waals surface area contributed by atoms with Gasteiger partial charge in [-0.25, -0.2) is 0 Å². The molecule has 0 aliphatic heterocycles. The lowest BCUT2D eigenvalue weighted by molar-refractivity contribution is 0.298. The van der Waals surface area contributed by atoms with Crippen molar-refractivity contribution in [3.8, 4) is 22.8 Å². The van der Waals surface area contributed by atoms with E-state index < -0.39 is 0 Å². The maximum Gasteiger partial charge on any atom is 0.235 e. The van der Waals surface area contributed by atoms with Crippen molar-refractivity contribution in [2.75, 3.05) is 7.11 Å². The zero-order valence-corrected chi connectivity index (χ0v) is 16.7. The van der Waals surface area contributed by atoms with Crippen LogP contribution in [0.2, 0.25) is 0 Å². The van der Waals surface area contributed by atoms with Gasteiger partial charge >= 0.3 is 0 Å². The summed E-state index contributed by atoms with van der Waals surface area (Å²) >= 11 is 0. The Balaban J connectivity index is 1.84. The molecule has 1 heterocycles. The number of hydrogen-bond donors (Lipinski definition) is 0. The molecule has 0 saturated carbocycles. The lowest BCUT2D eigenvalue weighted by Crippen LogP contribution is -2.10. The number of benzene rings is 3. The number of fused-ring (bicyclic) bond motifs is 1. The lowest BCUT2D eigenvalue weighted by atomic mass is 10.1. The van der Waals surface area contributed by atoms with Crippen LogP contribution >= 0.6 is 0 Å². The maximum atomic E-state index is 13.2. The van der Waals surface area contributed by atoms with Gasteiger partial charge in [0.1, 0.15) is 17.9 Å². The fourth-order valence-corrected chi connectivity index (χ4v) is 3.30. The standard InChI is InChI=1S/C25H22O4/c1-16-5-4-6-18(13-16)15-28-25-23(26)21-12-7-17(2)14-22(21)29-24(25)19-8-10-20(27-3)11-9-19/h4-14H,15H2,1-3H3. The predicted molar refractivity (Wildman–Crippen MR) is 115 cm³/mol. The highest BCUT2D eigenvalue weighted by Crippen LogP contribution is 2.32. The van der Waals surface area contributed by atoms with E-state index >= 15 is 0 Å². The van der Waals surface area contributed by atoms with Gasteiger partial charge in [-0.2, -0.15) is 0 Å². The summed E-state index contributed by atoms with van der Waals surface area (Å²) in [6.07, 6.45) is 0. The summed E-state index contributed by atoms with van der Waals surface area (Å²) in [5.74, 6) is 1.37. The van der Waals surface area contributed by atoms with E-state index in [-0.39, 0.29) is 17.8 Å². The Bertz CT molecular complexity index is 1220. The van der Waals surface area contributed by atoms with E-state index in [1.54, 1.807) is 13.2 Å². The summed E-state index contributed by atoms with van der Waals surface area (Å²) in [6.45, 7) is 4.28. The first-order valence-electron chi connectivity index (χ1n) is 9.45. The molecule has 146 valence electrons. The highest BCUT2D eigenvalue weighted by atomic mass is 16.5. The van der Waals surface area contributed by atoms with Crippen molar-refractivity contribution < 1.29 is 13.9 Å². The van der Waals surface area contributed by atoms with E-state index in [4.69, 9.17) is 13.9 Å². The van der Waals surface area contributed by atoms with Crippen molar-refractivity contribution in [1.29, 1.82) is 0 Å². The number of ether oxygens (including phenoxy) is 2. The average Bonchev–Trinajstić information content (AvgIpc) is 2.73. The molecular formula is C25H22O4. The van der Waals surface area contributed by atoms with Crippen LogP contribution in [0.4, 0.5) is 0 Å². The molecule has 29 heavy (non-hydrogen) atoms. The minimum Gasteiger partial charge on any atom is -0.497 e. The smallest absolute Gasteiger partial charge is 0.235 e. The molecule has 0 atom stereocenters. The van der Waals surface area contributed by atoms with Crippen LogP contribution in [0.25, 0.3) is 22.3 Å². The first-order valence-corrected chi connectivity index (χ1v) is 9.45. The number of aryl methyl sites for hydroxylation is 2. The van der Waals surface area contributed by atoms with Gasteiger partial charge < -0.3 is 13.9 Å². The molecule has 0 amide bonds. The molecule has 0 N–H and O–H groups in total. The van der Waals surface area contributed by atoms with E-state index in [1.807, 2.05) is 74.5 Å². The molecular weight excluding hydrogens is 364 g/mol. The average molecular weight is 386 g/mol. The number of methoxy groups -OCH3 is 1. The van der Waals surface area contributed by atoms with Gasteiger partial charge in [-0.15, -0.1) is 0 Å². The van der Waals surface area contributed by atoms with Crippen molar-refractivity contribution in [1.82, 2.24) is 0 Å². The van der Waals surface area contributed by atoms with Crippen LogP contribution in [0, 0.1) is 13.8 Å². The van der Waals surface area contributed by atoms with Crippen LogP contribution in [0.5, 0.6) is 11.5 Å². The van der Waals surface area contributed by atoms with Crippen LogP contribution in [-0.4, -0.2) is 7.11 Å². The van der Waals surface area contributed by atoms with Crippen molar-refractivity contribution in [2.24, 2.45) is 0 Å². The summed E-state index contributed by atoms with van der Waals surface area (Å²) in [7, 11) is 1.62. The zero-order chi connectivity index (χ0) is 20.4. The molecule has 0 aliphatic rings. The van der Waals surface area contributed by atoms with Crippen LogP contribution < -0.4 is 14.9 Å². The van der Waals surface area contributed by atoms with Crippen molar-refractivity contribution in [3.05, 3.63) is 93.6 Å². The zero-order valence-electron chi connectivity index (χ0n) is 16.7. The Kier molecular flexibility index (Phi) is 5.09. The van der Waals surface area contributed by atoms with Gasteiger partial charge in [-0.05, 0) is 61.4 Å². The molecule has 0 aliphatic carbocycles. The van der Waals surface area contributed by atoms with Crippen LogP contribution in [-0.2, 0) is 6.61 Å².